The van der Waals surface area contributed by atoms with Crippen LogP contribution in [0.2, 0.25) is 0 Å². The van der Waals surface area contributed by atoms with E-state index < -0.39 is 0 Å². The van der Waals surface area contributed by atoms with Gasteiger partial charge in [0.15, 0.2) is 0 Å². The first kappa shape index (κ1) is 13.8. The number of nitrogens with zero attached hydrogens (tertiary/aromatic N) is 1. The standard InChI is InChI=1S/C14H20N2O3/c1-18-13-4-2-12(3-5-13)10-19-11-14(17)16-8-6-15-7-9-16/h2-5,15H,6-11H2,1H3. The minimum absolute atomic E-state index is 0.0648. The monoisotopic (exact) mass is 264 g/mol. The van der Waals surface area contributed by atoms with Crippen LogP contribution in [0.5, 0.6) is 5.75 Å². The molecule has 5 nitrogen and oxygen atoms in total. The van der Waals surface area contributed by atoms with Crippen molar-refractivity contribution in [3.05, 3.63) is 29.8 Å². The quantitative estimate of drug-likeness (QED) is 0.848. The molecule has 2 rings (SSSR count). The maximum atomic E-state index is 11.8. The summed E-state index contributed by atoms with van der Waals surface area (Å²) in [5.74, 6) is 0.885. The Morgan fingerprint density at radius 1 is 1.26 bits per heavy atom. The highest BCUT2D eigenvalue weighted by molar-refractivity contribution is 5.77. The molecule has 0 aromatic heterocycles. The maximum Gasteiger partial charge on any atom is 0.248 e. The largest absolute Gasteiger partial charge is 0.497 e. The number of rotatable bonds is 5. The number of nitrogens with one attached hydrogen (secondary N) is 1. The highest BCUT2D eigenvalue weighted by atomic mass is 16.5. The zero-order valence-electron chi connectivity index (χ0n) is 11.2. The molecule has 1 aliphatic rings. The third kappa shape index (κ3) is 4.22. The molecule has 5 heteroatoms. The topological polar surface area (TPSA) is 50.8 Å². The van der Waals surface area contributed by atoms with Gasteiger partial charge in [0.05, 0.1) is 13.7 Å². The summed E-state index contributed by atoms with van der Waals surface area (Å²) in [6, 6.07) is 7.65. The Bertz CT molecular complexity index is 400. The normalized spacial score (nSPS) is 15.3. The van der Waals surface area contributed by atoms with Crippen LogP contribution in [0.1, 0.15) is 5.56 Å². The molecule has 0 aliphatic carbocycles. The molecule has 1 aliphatic heterocycles. The molecular weight excluding hydrogens is 244 g/mol. The zero-order chi connectivity index (χ0) is 13.5. The molecule has 0 spiro atoms. The Hall–Kier alpha value is -1.59. The molecule has 1 fully saturated rings. The molecule has 0 radical (unpaired) electrons. The van der Waals surface area contributed by atoms with E-state index >= 15 is 0 Å². The van der Waals surface area contributed by atoms with Gasteiger partial charge in [0, 0.05) is 26.2 Å². The zero-order valence-corrected chi connectivity index (χ0v) is 11.2. The van der Waals surface area contributed by atoms with Crippen LogP contribution >= 0.6 is 0 Å². The van der Waals surface area contributed by atoms with Gasteiger partial charge >= 0.3 is 0 Å². The molecule has 0 saturated carbocycles. The molecule has 104 valence electrons. The molecule has 1 aromatic rings. The van der Waals surface area contributed by atoms with Gasteiger partial charge in [-0.2, -0.15) is 0 Å². The van der Waals surface area contributed by atoms with E-state index in [1.54, 1.807) is 7.11 Å². The van der Waals surface area contributed by atoms with Crippen molar-refractivity contribution in [1.29, 1.82) is 0 Å². The Morgan fingerprint density at radius 3 is 2.58 bits per heavy atom. The summed E-state index contributed by atoms with van der Waals surface area (Å²) in [5, 5.41) is 3.22. The number of amides is 1. The number of ether oxygens (including phenoxy) is 2. The van der Waals surface area contributed by atoms with E-state index in [-0.39, 0.29) is 12.5 Å². The van der Waals surface area contributed by atoms with Gasteiger partial charge in [0.25, 0.3) is 0 Å². The van der Waals surface area contributed by atoms with Crippen molar-refractivity contribution in [2.75, 3.05) is 39.9 Å². The van der Waals surface area contributed by atoms with Crippen LogP contribution in [0.3, 0.4) is 0 Å². The highest BCUT2D eigenvalue weighted by Crippen LogP contribution is 2.11. The van der Waals surface area contributed by atoms with E-state index in [1.165, 1.54) is 0 Å². The summed E-state index contributed by atoms with van der Waals surface area (Å²) in [4.78, 5) is 13.7. The van der Waals surface area contributed by atoms with Crippen LogP contribution in [0, 0.1) is 0 Å². The van der Waals surface area contributed by atoms with Crippen molar-refractivity contribution in [3.8, 4) is 5.75 Å². The number of benzene rings is 1. The summed E-state index contributed by atoms with van der Waals surface area (Å²) >= 11 is 0. The number of piperazine rings is 1. The SMILES string of the molecule is COc1ccc(COCC(=O)N2CCNCC2)cc1. The van der Waals surface area contributed by atoms with Gasteiger partial charge in [0.2, 0.25) is 5.91 Å². The van der Waals surface area contributed by atoms with Crippen molar-refractivity contribution in [3.63, 3.8) is 0 Å². The summed E-state index contributed by atoms with van der Waals surface area (Å²) in [6.45, 7) is 3.86. The fourth-order valence-corrected chi connectivity index (χ4v) is 1.98. The molecule has 0 atom stereocenters. The molecule has 1 N–H and O–H groups in total. The summed E-state index contributed by atoms with van der Waals surface area (Å²) in [5.41, 5.74) is 1.04. The predicted molar refractivity (Wildman–Crippen MR) is 72.1 cm³/mol. The summed E-state index contributed by atoms with van der Waals surface area (Å²) < 4.78 is 10.5. The van der Waals surface area contributed by atoms with Crippen molar-refractivity contribution in [2.24, 2.45) is 0 Å². The molecule has 1 aromatic carbocycles. The number of carbonyl (C=O) groups excluding carboxylic acids is 1. The molecule has 0 unspecified atom stereocenters. The predicted octanol–water partition coefficient (Wildman–Crippen LogP) is 0.644. The first-order chi connectivity index (χ1) is 9.29. The first-order valence-corrected chi connectivity index (χ1v) is 6.49. The van der Waals surface area contributed by atoms with Gasteiger partial charge in [-0.3, -0.25) is 4.79 Å². The van der Waals surface area contributed by atoms with Crippen molar-refractivity contribution in [1.82, 2.24) is 10.2 Å². The number of carbonyl (C=O) groups is 1. The van der Waals surface area contributed by atoms with Gasteiger partial charge < -0.3 is 19.7 Å². The third-order valence-electron chi connectivity index (χ3n) is 3.12. The Kier molecular flexibility index (Phi) is 5.18. The summed E-state index contributed by atoms with van der Waals surface area (Å²) in [7, 11) is 1.64. The fourth-order valence-electron chi connectivity index (χ4n) is 1.98. The Morgan fingerprint density at radius 2 is 1.95 bits per heavy atom. The van der Waals surface area contributed by atoms with E-state index in [9.17, 15) is 4.79 Å². The lowest BCUT2D eigenvalue weighted by Crippen LogP contribution is -2.47. The lowest BCUT2D eigenvalue weighted by molar-refractivity contribution is -0.137. The second-order valence-electron chi connectivity index (χ2n) is 4.47. The van der Waals surface area contributed by atoms with Crippen LogP contribution in [-0.4, -0.2) is 50.7 Å². The van der Waals surface area contributed by atoms with Crippen molar-refractivity contribution >= 4 is 5.91 Å². The average molecular weight is 264 g/mol. The van der Waals surface area contributed by atoms with Crippen LogP contribution in [0.15, 0.2) is 24.3 Å². The molecule has 1 amide bonds. The van der Waals surface area contributed by atoms with Crippen molar-refractivity contribution < 1.29 is 14.3 Å². The molecule has 0 bridgehead atoms. The second kappa shape index (κ2) is 7.11. The van der Waals surface area contributed by atoms with Gasteiger partial charge in [-0.1, -0.05) is 12.1 Å². The van der Waals surface area contributed by atoms with Crippen LogP contribution in [0.4, 0.5) is 0 Å². The van der Waals surface area contributed by atoms with Gasteiger partial charge in [0.1, 0.15) is 12.4 Å². The number of hydrogen-bond donors (Lipinski definition) is 1. The lowest BCUT2D eigenvalue weighted by Gasteiger charge is -2.27. The van der Waals surface area contributed by atoms with Crippen molar-refractivity contribution in [2.45, 2.75) is 6.61 Å². The maximum absolute atomic E-state index is 11.8. The lowest BCUT2D eigenvalue weighted by atomic mass is 10.2. The number of hydrogen-bond acceptors (Lipinski definition) is 4. The van der Waals surface area contributed by atoms with Crippen LogP contribution in [0.25, 0.3) is 0 Å². The second-order valence-corrected chi connectivity index (χ2v) is 4.47. The molecule has 1 heterocycles. The van der Waals surface area contributed by atoms with Gasteiger partial charge in [-0.05, 0) is 17.7 Å². The smallest absolute Gasteiger partial charge is 0.248 e. The van der Waals surface area contributed by atoms with Crippen LogP contribution < -0.4 is 10.1 Å². The molecule has 19 heavy (non-hydrogen) atoms. The Balaban J connectivity index is 1.71. The highest BCUT2D eigenvalue weighted by Gasteiger charge is 2.15. The van der Waals surface area contributed by atoms with E-state index in [1.807, 2.05) is 29.2 Å². The Labute approximate surface area is 113 Å². The first-order valence-electron chi connectivity index (χ1n) is 6.49. The summed E-state index contributed by atoms with van der Waals surface area (Å²) in [6.07, 6.45) is 0. The molecular formula is C14H20N2O3. The third-order valence-corrected chi connectivity index (χ3v) is 3.12. The van der Waals surface area contributed by atoms with E-state index in [0.717, 1.165) is 37.5 Å². The fraction of sp³-hybridized carbons (Fsp3) is 0.500. The van der Waals surface area contributed by atoms with E-state index in [0.29, 0.717) is 6.61 Å². The minimum atomic E-state index is 0.0648. The van der Waals surface area contributed by atoms with E-state index in [2.05, 4.69) is 5.32 Å². The van der Waals surface area contributed by atoms with Gasteiger partial charge in [-0.15, -0.1) is 0 Å². The number of methoxy groups -OCH3 is 1. The van der Waals surface area contributed by atoms with Gasteiger partial charge in [-0.25, -0.2) is 0 Å². The molecule has 1 saturated heterocycles. The average Bonchev–Trinajstić information content (AvgIpc) is 2.49. The van der Waals surface area contributed by atoms with Crippen LogP contribution in [-0.2, 0) is 16.1 Å². The minimum Gasteiger partial charge on any atom is -0.497 e. The van der Waals surface area contributed by atoms with E-state index in [4.69, 9.17) is 9.47 Å².